The maximum absolute atomic E-state index is 9.96. The molecule has 1 rings (SSSR count). The highest BCUT2D eigenvalue weighted by atomic mass is 16.3. The zero-order valence-corrected chi connectivity index (χ0v) is 9.48. The molecule has 1 aromatic carbocycles. The van der Waals surface area contributed by atoms with Gasteiger partial charge in [-0.3, -0.25) is 0 Å². The first-order valence-corrected chi connectivity index (χ1v) is 5.43. The zero-order chi connectivity index (χ0) is 11.3. The van der Waals surface area contributed by atoms with Gasteiger partial charge in [-0.1, -0.05) is 26.0 Å². The van der Waals surface area contributed by atoms with Gasteiger partial charge in [-0.25, -0.2) is 0 Å². The van der Waals surface area contributed by atoms with Crippen LogP contribution in [-0.2, 0) is 0 Å². The highest BCUT2D eigenvalue weighted by Gasteiger charge is 2.10. The lowest BCUT2D eigenvalue weighted by Gasteiger charge is -2.22. The lowest BCUT2D eigenvalue weighted by atomic mass is 10.1. The van der Waals surface area contributed by atoms with Crippen molar-refractivity contribution in [3.8, 4) is 0 Å². The van der Waals surface area contributed by atoms with E-state index in [2.05, 4.69) is 18.7 Å². The van der Waals surface area contributed by atoms with E-state index in [4.69, 9.17) is 5.73 Å². The second-order valence-electron chi connectivity index (χ2n) is 3.67. The molecular formula is C12H20N2O. The molecule has 1 unspecified atom stereocenters. The van der Waals surface area contributed by atoms with Crippen molar-refractivity contribution in [1.29, 1.82) is 0 Å². The molecule has 0 fully saturated rings. The quantitative estimate of drug-likeness (QED) is 0.723. The lowest BCUT2D eigenvalue weighted by Crippen LogP contribution is -2.28. The van der Waals surface area contributed by atoms with Crippen molar-refractivity contribution in [1.82, 2.24) is 4.90 Å². The van der Waals surface area contributed by atoms with Crippen LogP contribution in [0.15, 0.2) is 24.3 Å². The molecule has 0 aliphatic heterocycles. The fourth-order valence-electron chi connectivity index (χ4n) is 1.55. The van der Waals surface area contributed by atoms with Gasteiger partial charge in [0.1, 0.15) is 0 Å². The molecule has 3 nitrogen and oxygen atoms in total. The number of nitrogens with zero attached hydrogens (tertiary/aromatic N) is 1. The number of aliphatic hydroxyl groups is 1. The molecule has 0 spiro atoms. The first kappa shape index (κ1) is 12.0. The van der Waals surface area contributed by atoms with Gasteiger partial charge >= 0.3 is 0 Å². The van der Waals surface area contributed by atoms with Gasteiger partial charge in [-0.05, 0) is 30.8 Å². The Hall–Kier alpha value is -1.06. The Labute approximate surface area is 91.5 Å². The van der Waals surface area contributed by atoms with Crippen LogP contribution in [0.3, 0.4) is 0 Å². The van der Waals surface area contributed by atoms with Crippen LogP contribution < -0.4 is 5.73 Å². The Kier molecular flexibility index (Phi) is 4.59. The van der Waals surface area contributed by atoms with E-state index in [-0.39, 0.29) is 0 Å². The minimum absolute atomic E-state index is 0.425. The zero-order valence-electron chi connectivity index (χ0n) is 9.48. The van der Waals surface area contributed by atoms with Gasteiger partial charge in [0.2, 0.25) is 0 Å². The molecule has 3 N–H and O–H groups in total. The number of likely N-dealkylation sites (N-methyl/N-ethyl adjacent to an activating group) is 1. The van der Waals surface area contributed by atoms with Crippen molar-refractivity contribution < 1.29 is 5.11 Å². The molecule has 84 valence electrons. The molecule has 0 radical (unpaired) electrons. The molecule has 0 heterocycles. The Morgan fingerprint density at radius 2 is 1.73 bits per heavy atom. The predicted molar refractivity (Wildman–Crippen MR) is 63.6 cm³/mol. The number of hydrogen-bond acceptors (Lipinski definition) is 3. The number of anilines is 1. The largest absolute Gasteiger partial charge is 0.399 e. The fourth-order valence-corrected chi connectivity index (χ4v) is 1.55. The topological polar surface area (TPSA) is 49.5 Å². The van der Waals surface area contributed by atoms with Crippen LogP contribution in [0.25, 0.3) is 0 Å². The molecule has 0 aliphatic carbocycles. The highest BCUT2D eigenvalue weighted by Crippen LogP contribution is 2.15. The second kappa shape index (κ2) is 5.73. The van der Waals surface area contributed by atoms with Gasteiger partial charge in [0.15, 0.2) is 0 Å². The second-order valence-corrected chi connectivity index (χ2v) is 3.67. The van der Waals surface area contributed by atoms with Crippen molar-refractivity contribution in [2.45, 2.75) is 20.0 Å². The third-order valence-corrected chi connectivity index (χ3v) is 2.65. The average molecular weight is 208 g/mol. The van der Waals surface area contributed by atoms with E-state index in [1.54, 1.807) is 0 Å². The minimum atomic E-state index is -0.425. The Balaban J connectivity index is 2.60. The van der Waals surface area contributed by atoms with Crippen LogP contribution in [0, 0.1) is 0 Å². The smallest absolute Gasteiger partial charge is 0.0916 e. The molecule has 15 heavy (non-hydrogen) atoms. The van der Waals surface area contributed by atoms with Crippen molar-refractivity contribution in [2.75, 3.05) is 25.4 Å². The number of nitrogen functional groups attached to an aromatic ring is 1. The molecule has 0 bridgehead atoms. The molecule has 3 heteroatoms. The number of nitrogens with two attached hydrogens (primary N) is 1. The lowest BCUT2D eigenvalue weighted by molar-refractivity contribution is 0.119. The van der Waals surface area contributed by atoms with E-state index in [1.807, 2.05) is 24.3 Å². The first-order valence-electron chi connectivity index (χ1n) is 5.43. The summed E-state index contributed by atoms with van der Waals surface area (Å²) in [5, 5.41) is 9.96. The summed E-state index contributed by atoms with van der Waals surface area (Å²) in [5.41, 5.74) is 7.25. The van der Waals surface area contributed by atoms with Gasteiger partial charge in [0.05, 0.1) is 6.10 Å². The minimum Gasteiger partial charge on any atom is -0.399 e. The van der Waals surface area contributed by atoms with Crippen LogP contribution >= 0.6 is 0 Å². The summed E-state index contributed by atoms with van der Waals surface area (Å²) in [6.07, 6.45) is -0.425. The van der Waals surface area contributed by atoms with Crippen LogP contribution in [0.2, 0.25) is 0 Å². The van der Waals surface area contributed by atoms with E-state index < -0.39 is 6.10 Å². The number of benzene rings is 1. The average Bonchev–Trinajstić information content (AvgIpc) is 2.26. The van der Waals surface area contributed by atoms with E-state index in [1.165, 1.54) is 0 Å². The predicted octanol–water partition coefficient (Wildman–Crippen LogP) is 1.64. The normalized spacial score (nSPS) is 13.1. The Bertz CT molecular complexity index is 280. The van der Waals surface area contributed by atoms with E-state index in [0.29, 0.717) is 6.54 Å². The maximum Gasteiger partial charge on any atom is 0.0916 e. The fraction of sp³-hybridized carbons (Fsp3) is 0.500. The van der Waals surface area contributed by atoms with Crippen molar-refractivity contribution >= 4 is 5.69 Å². The SMILES string of the molecule is CCN(CC)CC(O)c1ccc(N)cc1. The third-order valence-electron chi connectivity index (χ3n) is 2.65. The van der Waals surface area contributed by atoms with Crippen molar-refractivity contribution in [2.24, 2.45) is 0 Å². The number of aliphatic hydroxyl groups excluding tert-OH is 1. The van der Waals surface area contributed by atoms with Crippen LogP contribution in [-0.4, -0.2) is 29.6 Å². The van der Waals surface area contributed by atoms with E-state index in [9.17, 15) is 5.11 Å². The van der Waals surface area contributed by atoms with E-state index >= 15 is 0 Å². The summed E-state index contributed by atoms with van der Waals surface area (Å²) in [7, 11) is 0. The molecule has 1 atom stereocenters. The van der Waals surface area contributed by atoms with Crippen LogP contribution in [0.5, 0.6) is 0 Å². The van der Waals surface area contributed by atoms with Crippen LogP contribution in [0.4, 0.5) is 5.69 Å². The summed E-state index contributed by atoms with van der Waals surface area (Å²) < 4.78 is 0. The standard InChI is InChI=1S/C12H20N2O/c1-3-14(4-2)9-12(15)10-5-7-11(13)8-6-10/h5-8,12,15H,3-4,9,13H2,1-2H3. The Morgan fingerprint density at radius 1 is 1.20 bits per heavy atom. The molecule has 0 aliphatic rings. The van der Waals surface area contributed by atoms with Crippen molar-refractivity contribution in [3.63, 3.8) is 0 Å². The molecule has 1 aromatic rings. The summed E-state index contributed by atoms with van der Waals surface area (Å²) in [4.78, 5) is 2.20. The third kappa shape index (κ3) is 3.53. The molecular weight excluding hydrogens is 188 g/mol. The highest BCUT2D eigenvalue weighted by molar-refractivity contribution is 5.39. The number of rotatable bonds is 5. The summed E-state index contributed by atoms with van der Waals surface area (Å²) in [6.45, 7) is 6.79. The summed E-state index contributed by atoms with van der Waals surface area (Å²) in [5.74, 6) is 0. The Morgan fingerprint density at radius 3 is 2.20 bits per heavy atom. The van der Waals surface area contributed by atoms with Gasteiger partial charge < -0.3 is 15.7 Å². The maximum atomic E-state index is 9.96. The van der Waals surface area contributed by atoms with Crippen LogP contribution in [0.1, 0.15) is 25.5 Å². The molecule has 0 amide bonds. The molecule has 0 saturated heterocycles. The molecule has 0 aromatic heterocycles. The van der Waals surface area contributed by atoms with Crippen molar-refractivity contribution in [3.05, 3.63) is 29.8 Å². The number of hydrogen-bond donors (Lipinski definition) is 2. The summed E-state index contributed by atoms with van der Waals surface area (Å²) in [6, 6.07) is 7.40. The van der Waals surface area contributed by atoms with Gasteiger partial charge in [-0.2, -0.15) is 0 Å². The van der Waals surface area contributed by atoms with E-state index in [0.717, 1.165) is 24.3 Å². The summed E-state index contributed by atoms with van der Waals surface area (Å²) >= 11 is 0. The van der Waals surface area contributed by atoms with Gasteiger partial charge in [-0.15, -0.1) is 0 Å². The monoisotopic (exact) mass is 208 g/mol. The van der Waals surface area contributed by atoms with Gasteiger partial charge in [0.25, 0.3) is 0 Å². The first-order chi connectivity index (χ1) is 7.17. The van der Waals surface area contributed by atoms with Gasteiger partial charge in [0, 0.05) is 12.2 Å². The molecule has 0 saturated carbocycles.